The monoisotopic (exact) mass is 130 g/mol. The first-order chi connectivity index (χ1) is 4.31. The third kappa shape index (κ3) is 5.80. The van der Waals surface area contributed by atoms with Crippen molar-refractivity contribution in [3.05, 3.63) is 6.92 Å². The Morgan fingerprint density at radius 3 is 2.56 bits per heavy atom. The van der Waals surface area contributed by atoms with Gasteiger partial charge < -0.3 is 10.0 Å². The second-order valence-corrected chi connectivity index (χ2v) is 2.23. The van der Waals surface area contributed by atoms with Gasteiger partial charge in [-0.1, -0.05) is 6.92 Å². The molecule has 0 saturated carbocycles. The van der Waals surface area contributed by atoms with Crippen molar-refractivity contribution in [3.8, 4) is 0 Å². The van der Waals surface area contributed by atoms with Crippen molar-refractivity contribution in [2.45, 2.75) is 12.8 Å². The topological polar surface area (TPSA) is 23.5 Å². The van der Waals surface area contributed by atoms with Crippen molar-refractivity contribution in [1.82, 2.24) is 4.90 Å². The molecule has 0 aromatic rings. The second kappa shape index (κ2) is 6.05. The summed E-state index contributed by atoms with van der Waals surface area (Å²) in [6.07, 6.45) is 1.82. The molecule has 0 atom stereocenters. The lowest BCUT2D eigenvalue weighted by Gasteiger charge is -2.13. The number of rotatable bonds is 5. The molecular formula is C7H16NO. The number of nitrogens with zero attached hydrogens (tertiary/aromatic N) is 1. The molecule has 0 amide bonds. The van der Waals surface area contributed by atoms with Gasteiger partial charge in [-0.05, 0) is 26.4 Å². The lowest BCUT2D eigenvalue weighted by Crippen LogP contribution is -2.20. The van der Waals surface area contributed by atoms with Gasteiger partial charge in [0.05, 0.1) is 0 Å². The van der Waals surface area contributed by atoms with Gasteiger partial charge in [0.15, 0.2) is 0 Å². The molecule has 0 aromatic heterocycles. The van der Waals surface area contributed by atoms with Gasteiger partial charge in [0.2, 0.25) is 0 Å². The highest BCUT2D eigenvalue weighted by molar-refractivity contribution is 4.51. The Bertz CT molecular complexity index is 56.9. The van der Waals surface area contributed by atoms with Crippen LogP contribution in [0.3, 0.4) is 0 Å². The summed E-state index contributed by atoms with van der Waals surface area (Å²) in [4.78, 5) is 2.17. The molecule has 0 bridgehead atoms. The minimum Gasteiger partial charge on any atom is -0.396 e. The van der Waals surface area contributed by atoms with E-state index in [9.17, 15) is 0 Å². The van der Waals surface area contributed by atoms with Gasteiger partial charge in [0.1, 0.15) is 0 Å². The summed E-state index contributed by atoms with van der Waals surface area (Å²) in [5, 5.41) is 8.44. The maximum atomic E-state index is 8.44. The Hall–Kier alpha value is -0.0800. The summed E-state index contributed by atoms with van der Waals surface area (Å²) in [5.74, 6) is 0. The molecule has 2 heteroatoms. The van der Waals surface area contributed by atoms with Crippen molar-refractivity contribution in [3.63, 3.8) is 0 Å². The summed E-state index contributed by atoms with van der Waals surface area (Å²) in [6, 6.07) is 0. The molecule has 0 aromatic carbocycles. The molecule has 55 valence electrons. The van der Waals surface area contributed by atoms with E-state index in [1.54, 1.807) is 0 Å². The van der Waals surface area contributed by atoms with Crippen molar-refractivity contribution in [2.75, 3.05) is 26.7 Å². The lowest BCUT2D eigenvalue weighted by molar-refractivity contribution is 0.249. The van der Waals surface area contributed by atoms with Crippen LogP contribution >= 0.6 is 0 Å². The molecule has 1 N–H and O–H groups in total. The molecule has 0 saturated heterocycles. The van der Waals surface area contributed by atoms with Crippen LogP contribution in [0.25, 0.3) is 0 Å². The number of hydrogen-bond acceptors (Lipinski definition) is 2. The standard InChI is InChI=1S/C7H16NO/c1-3-5-8(2)6-4-7-9/h9H,1,3-7H2,2H3. The smallest absolute Gasteiger partial charge is 0.0443 e. The zero-order chi connectivity index (χ0) is 7.11. The fraction of sp³-hybridized carbons (Fsp3) is 0.857. The van der Waals surface area contributed by atoms with E-state index in [0.717, 1.165) is 25.9 Å². The SMILES string of the molecule is [CH2]CCN(C)CCCO. The minimum atomic E-state index is 0.293. The van der Waals surface area contributed by atoms with Crippen molar-refractivity contribution >= 4 is 0 Å². The Labute approximate surface area is 57.5 Å². The van der Waals surface area contributed by atoms with Crippen LogP contribution in [-0.4, -0.2) is 36.8 Å². The summed E-state index contributed by atoms with van der Waals surface area (Å²) in [5.41, 5.74) is 0. The van der Waals surface area contributed by atoms with Crippen molar-refractivity contribution in [1.29, 1.82) is 0 Å². The Kier molecular flexibility index (Phi) is 5.99. The fourth-order valence-corrected chi connectivity index (χ4v) is 0.722. The van der Waals surface area contributed by atoms with Crippen LogP contribution in [0.5, 0.6) is 0 Å². The third-order valence-corrected chi connectivity index (χ3v) is 1.24. The predicted octanol–water partition coefficient (Wildman–Crippen LogP) is 0.525. The molecule has 0 heterocycles. The highest BCUT2D eigenvalue weighted by Gasteiger charge is 1.92. The van der Waals surface area contributed by atoms with E-state index in [4.69, 9.17) is 5.11 Å². The summed E-state index contributed by atoms with van der Waals surface area (Å²) < 4.78 is 0. The highest BCUT2D eigenvalue weighted by atomic mass is 16.3. The minimum absolute atomic E-state index is 0.293. The van der Waals surface area contributed by atoms with E-state index in [-0.39, 0.29) is 0 Å². The first kappa shape index (κ1) is 8.92. The van der Waals surface area contributed by atoms with E-state index in [1.165, 1.54) is 0 Å². The van der Waals surface area contributed by atoms with E-state index >= 15 is 0 Å². The van der Waals surface area contributed by atoms with Gasteiger partial charge in [-0.15, -0.1) is 0 Å². The van der Waals surface area contributed by atoms with E-state index < -0.39 is 0 Å². The third-order valence-electron chi connectivity index (χ3n) is 1.24. The van der Waals surface area contributed by atoms with Crippen molar-refractivity contribution in [2.24, 2.45) is 0 Å². The molecule has 0 spiro atoms. The first-order valence-electron chi connectivity index (χ1n) is 3.40. The average molecular weight is 130 g/mol. The van der Waals surface area contributed by atoms with Crippen LogP contribution in [0.2, 0.25) is 0 Å². The number of aliphatic hydroxyl groups is 1. The van der Waals surface area contributed by atoms with E-state index in [1.807, 2.05) is 7.05 Å². The summed E-state index contributed by atoms with van der Waals surface area (Å²) in [6.45, 7) is 6.03. The van der Waals surface area contributed by atoms with Gasteiger partial charge in [-0.25, -0.2) is 0 Å². The Balaban J connectivity index is 2.95. The van der Waals surface area contributed by atoms with Gasteiger partial charge >= 0.3 is 0 Å². The molecule has 2 nitrogen and oxygen atoms in total. The molecular weight excluding hydrogens is 114 g/mol. The first-order valence-corrected chi connectivity index (χ1v) is 3.40. The summed E-state index contributed by atoms with van der Waals surface area (Å²) in [7, 11) is 2.04. The number of aliphatic hydroxyl groups excluding tert-OH is 1. The Morgan fingerprint density at radius 1 is 1.44 bits per heavy atom. The molecule has 1 radical (unpaired) electrons. The predicted molar refractivity (Wildman–Crippen MR) is 39.2 cm³/mol. The van der Waals surface area contributed by atoms with Crippen molar-refractivity contribution < 1.29 is 5.11 Å². The van der Waals surface area contributed by atoms with Crippen LogP contribution in [0.15, 0.2) is 0 Å². The molecule has 9 heavy (non-hydrogen) atoms. The van der Waals surface area contributed by atoms with E-state index in [0.29, 0.717) is 6.61 Å². The normalized spacial score (nSPS) is 10.7. The largest absolute Gasteiger partial charge is 0.396 e. The zero-order valence-corrected chi connectivity index (χ0v) is 6.14. The van der Waals surface area contributed by atoms with Crippen LogP contribution in [0.1, 0.15) is 12.8 Å². The number of hydrogen-bond donors (Lipinski definition) is 1. The second-order valence-electron chi connectivity index (χ2n) is 2.23. The quantitative estimate of drug-likeness (QED) is 0.586. The molecule has 0 aliphatic carbocycles. The lowest BCUT2D eigenvalue weighted by atomic mass is 10.4. The zero-order valence-electron chi connectivity index (χ0n) is 6.14. The van der Waals surface area contributed by atoms with Gasteiger partial charge in [-0.3, -0.25) is 0 Å². The Morgan fingerprint density at radius 2 is 2.11 bits per heavy atom. The molecule has 0 rings (SSSR count). The summed E-state index contributed by atoms with van der Waals surface area (Å²) >= 11 is 0. The van der Waals surface area contributed by atoms with Crippen LogP contribution in [0.4, 0.5) is 0 Å². The van der Waals surface area contributed by atoms with E-state index in [2.05, 4.69) is 11.8 Å². The van der Waals surface area contributed by atoms with Crippen LogP contribution in [-0.2, 0) is 0 Å². The molecule has 0 aliphatic heterocycles. The average Bonchev–Trinajstić information content (AvgIpc) is 1.85. The van der Waals surface area contributed by atoms with Gasteiger partial charge in [-0.2, -0.15) is 0 Å². The van der Waals surface area contributed by atoms with Crippen LogP contribution < -0.4 is 0 Å². The highest BCUT2D eigenvalue weighted by Crippen LogP contribution is 1.87. The molecule has 0 unspecified atom stereocenters. The van der Waals surface area contributed by atoms with Gasteiger partial charge in [0.25, 0.3) is 0 Å². The fourth-order valence-electron chi connectivity index (χ4n) is 0.722. The maximum Gasteiger partial charge on any atom is 0.0443 e. The maximum absolute atomic E-state index is 8.44. The van der Waals surface area contributed by atoms with Crippen LogP contribution in [0, 0.1) is 6.92 Å². The van der Waals surface area contributed by atoms with Gasteiger partial charge in [0, 0.05) is 13.2 Å². The molecule has 0 fully saturated rings. The molecule has 0 aliphatic rings.